The second kappa shape index (κ2) is 9.18. The van der Waals surface area contributed by atoms with Crippen LogP contribution in [0.3, 0.4) is 0 Å². The monoisotopic (exact) mass is 410 g/mol. The van der Waals surface area contributed by atoms with Crippen molar-refractivity contribution in [2.75, 3.05) is 0 Å². The van der Waals surface area contributed by atoms with E-state index in [9.17, 15) is 17.3 Å². The molecule has 1 aliphatic heterocycles. The van der Waals surface area contributed by atoms with Gasteiger partial charge in [0.05, 0.1) is 0 Å². The lowest BCUT2D eigenvalue weighted by atomic mass is 9.89. The van der Waals surface area contributed by atoms with Crippen LogP contribution in [0.4, 0.5) is 17.3 Å². The van der Waals surface area contributed by atoms with Crippen molar-refractivity contribution in [2.45, 2.75) is 73.6 Å². The molecular formula is C22H31BF4N2. The molecule has 2 N–H and O–H groups in total. The molecule has 0 amide bonds. The molecule has 29 heavy (non-hydrogen) atoms. The van der Waals surface area contributed by atoms with Gasteiger partial charge in [0, 0.05) is 35.0 Å². The van der Waals surface area contributed by atoms with Crippen molar-refractivity contribution in [1.82, 2.24) is 4.98 Å². The maximum atomic E-state index is 9.75. The molecule has 7 heteroatoms. The molecule has 0 atom stereocenters. The van der Waals surface area contributed by atoms with Crippen molar-refractivity contribution >= 4 is 18.5 Å². The van der Waals surface area contributed by atoms with E-state index in [1.807, 2.05) is 0 Å². The summed E-state index contributed by atoms with van der Waals surface area (Å²) in [5.74, 6) is 0. The second-order valence-corrected chi connectivity index (χ2v) is 7.71. The van der Waals surface area contributed by atoms with Gasteiger partial charge >= 0.3 is 7.25 Å². The van der Waals surface area contributed by atoms with Gasteiger partial charge in [-0.25, -0.2) is 4.99 Å². The van der Waals surface area contributed by atoms with Crippen molar-refractivity contribution in [3.63, 3.8) is 0 Å². The van der Waals surface area contributed by atoms with Crippen molar-refractivity contribution < 1.29 is 22.3 Å². The lowest BCUT2D eigenvalue weighted by molar-refractivity contribution is -0.389. The van der Waals surface area contributed by atoms with Gasteiger partial charge in [0.2, 0.25) is 5.70 Å². The molecule has 160 valence electrons. The van der Waals surface area contributed by atoms with Crippen LogP contribution in [0.1, 0.15) is 75.9 Å². The summed E-state index contributed by atoms with van der Waals surface area (Å²) in [5, 5.41) is 0. The van der Waals surface area contributed by atoms with Gasteiger partial charge in [-0.1, -0.05) is 13.8 Å². The van der Waals surface area contributed by atoms with Crippen LogP contribution in [0.25, 0.3) is 5.57 Å². The third-order valence-electron chi connectivity index (χ3n) is 5.78. The predicted octanol–water partition coefficient (Wildman–Crippen LogP) is 5.60. The minimum atomic E-state index is -6.00. The zero-order valence-corrected chi connectivity index (χ0v) is 18.2. The SMILES string of the molecule is CCC1=C(C)/C(=C2/C=C(c3[nH]c(C)c(CC)c3C)CCC2)[NH+]=C1C.F[B-](F)(F)F. The van der Waals surface area contributed by atoms with Crippen LogP contribution >= 0.6 is 0 Å². The highest BCUT2D eigenvalue weighted by atomic mass is 19.5. The summed E-state index contributed by atoms with van der Waals surface area (Å²) < 4.78 is 39.0. The molecular weight excluding hydrogens is 379 g/mol. The lowest BCUT2D eigenvalue weighted by Crippen LogP contribution is -2.68. The van der Waals surface area contributed by atoms with Gasteiger partial charge in [-0.2, -0.15) is 0 Å². The minimum Gasteiger partial charge on any atom is -0.418 e. The van der Waals surface area contributed by atoms with Crippen LogP contribution in [0.5, 0.6) is 0 Å². The van der Waals surface area contributed by atoms with Crippen LogP contribution in [-0.4, -0.2) is 18.0 Å². The number of H-pyrrole nitrogens is 1. The van der Waals surface area contributed by atoms with E-state index in [1.54, 1.807) is 0 Å². The first-order valence-electron chi connectivity index (χ1n) is 10.3. The Labute approximate surface area is 171 Å². The van der Waals surface area contributed by atoms with E-state index >= 15 is 0 Å². The van der Waals surface area contributed by atoms with Crippen LogP contribution in [-0.2, 0) is 6.42 Å². The summed E-state index contributed by atoms with van der Waals surface area (Å²) in [6.45, 7) is 13.4. The summed E-state index contributed by atoms with van der Waals surface area (Å²) in [6.07, 6.45) is 8.23. The number of rotatable bonds is 3. The van der Waals surface area contributed by atoms with Crippen molar-refractivity contribution in [1.29, 1.82) is 0 Å². The quantitative estimate of drug-likeness (QED) is 0.480. The van der Waals surface area contributed by atoms with E-state index in [-0.39, 0.29) is 0 Å². The molecule has 0 radical (unpaired) electrons. The Morgan fingerprint density at radius 1 is 1.00 bits per heavy atom. The van der Waals surface area contributed by atoms with E-state index in [0.717, 1.165) is 12.8 Å². The minimum absolute atomic E-state index is 1.10. The van der Waals surface area contributed by atoms with E-state index in [0.29, 0.717) is 0 Å². The first-order valence-corrected chi connectivity index (χ1v) is 10.3. The summed E-state index contributed by atoms with van der Waals surface area (Å²) in [4.78, 5) is 7.31. The van der Waals surface area contributed by atoms with E-state index in [2.05, 4.69) is 57.6 Å². The van der Waals surface area contributed by atoms with Crippen molar-refractivity contribution in [2.24, 2.45) is 0 Å². The Hall–Kier alpha value is -2.05. The Kier molecular flexibility index (Phi) is 7.36. The van der Waals surface area contributed by atoms with Gasteiger partial charge in [-0.05, 0) is 75.7 Å². The number of halogens is 4. The summed E-state index contributed by atoms with van der Waals surface area (Å²) in [5.41, 5.74) is 14.2. The van der Waals surface area contributed by atoms with E-state index in [4.69, 9.17) is 0 Å². The fourth-order valence-corrected chi connectivity index (χ4v) is 4.50. The Bertz CT molecular complexity index is 893. The van der Waals surface area contributed by atoms with E-state index < -0.39 is 7.25 Å². The number of hydrogen-bond acceptors (Lipinski definition) is 0. The molecule has 0 saturated heterocycles. The van der Waals surface area contributed by atoms with Crippen LogP contribution in [0, 0.1) is 13.8 Å². The molecule has 0 unspecified atom stereocenters. The summed E-state index contributed by atoms with van der Waals surface area (Å²) >= 11 is 0. The van der Waals surface area contributed by atoms with Crippen molar-refractivity contribution in [3.05, 3.63) is 51.0 Å². The number of hydrogen-bond donors (Lipinski definition) is 2. The molecule has 1 aliphatic carbocycles. The molecule has 0 aromatic carbocycles. The number of nitrogens with one attached hydrogen (secondary N) is 2. The van der Waals surface area contributed by atoms with E-state index in [1.165, 1.54) is 75.5 Å². The third kappa shape index (κ3) is 5.52. The summed E-state index contributed by atoms with van der Waals surface area (Å²) in [6, 6.07) is 0. The standard InChI is InChI=1S/C22H30N2.BF4/c1-7-19-13(3)21(23-15(19)5)17-10-9-11-18(12-17)22-14(4)20(8-2)16(6)24-22;2-1(3,4)5/h12,23H,7-11H2,1-6H3;/q;-1/p+1/b22-18-;. The maximum Gasteiger partial charge on any atom is 0.673 e. The Morgan fingerprint density at radius 2 is 1.62 bits per heavy atom. The molecule has 0 bridgehead atoms. The number of allylic oxidation sites excluding steroid dienone is 5. The van der Waals surface area contributed by atoms with Gasteiger partial charge in [-0.3, -0.25) is 0 Å². The molecule has 1 aromatic rings. The molecule has 0 spiro atoms. The predicted molar refractivity (Wildman–Crippen MR) is 113 cm³/mol. The number of aromatic amines is 1. The number of aryl methyl sites for hydroxylation is 1. The molecule has 0 fully saturated rings. The zero-order valence-electron chi connectivity index (χ0n) is 18.2. The fourth-order valence-electron chi connectivity index (χ4n) is 4.50. The van der Waals surface area contributed by atoms with Crippen LogP contribution in [0.15, 0.2) is 28.5 Å². The first-order chi connectivity index (χ1) is 13.5. The van der Waals surface area contributed by atoms with Gasteiger partial charge in [0.1, 0.15) is 0 Å². The lowest BCUT2D eigenvalue weighted by Gasteiger charge is -2.15. The Balaban J connectivity index is 0.000000537. The van der Waals surface area contributed by atoms with Gasteiger partial charge in [0.15, 0.2) is 5.71 Å². The van der Waals surface area contributed by atoms with Gasteiger partial charge in [0.25, 0.3) is 0 Å². The fraction of sp³-hybridized carbons (Fsp3) is 0.500. The Morgan fingerprint density at radius 3 is 2.10 bits per heavy atom. The average molecular weight is 410 g/mol. The third-order valence-corrected chi connectivity index (χ3v) is 5.78. The van der Waals surface area contributed by atoms with Gasteiger partial charge in [-0.15, -0.1) is 0 Å². The highest BCUT2D eigenvalue weighted by molar-refractivity contribution is 6.50. The summed E-state index contributed by atoms with van der Waals surface area (Å²) in [7, 11) is -6.00. The largest absolute Gasteiger partial charge is 0.673 e. The van der Waals surface area contributed by atoms with Crippen LogP contribution in [0.2, 0.25) is 0 Å². The molecule has 2 nitrogen and oxygen atoms in total. The highest BCUT2D eigenvalue weighted by Crippen LogP contribution is 2.35. The zero-order chi connectivity index (χ0) is 21.9. The molecule has 2 heterocycles. The topological polar surface area (TPSA) is 29.8 Å². The first kappa shape index (κ1) is 23.2. The molecule has 2 aliphatic rings. The molecule has 1 aromatic heterocycles. The van der Waals surface area contributed by atoms with Crippen molar-refractivity contribution in [3.8, 4) is 0 Å². The second-order valence-electron chi connectivity index (χ2n) is 7.71. The van der Waals surface area contributed by atoms with Crippen LogP contribution < -0.4 is 4.99 Å². The molecule has 3 rings (SSSR count). The number of aromatic nitrogens is 1. The van der Waals surface area contributed by atoms with Gasteiger partial charge < -0.3 is 22.2 Å². The average Bonchev–Trinajstić information content (AvgIpc) is 3.08. The maximum absolute atomic E-state index is 9.75. The smallest absolute Gasteiger partial charge is 0.418 e. The normalized spacial score (nSPS) is 19.8. The molecule has 0 saturated carbocycles. The highest BCUT2D eigenvalue weighted by Gasteiger charge is 2.27.